The van der Waals surface area contributed by atoms with Crippen LogP contribution in [0, 0.1) is 6.92 Å². The highest BCUT2D eigenvalue weighted by molar-refractivity contribution is 7.91. The van der Waals surface area contributed by atoms with Crippen molar-refractivity contribution in [3.63, 3.8) is 0 Å². The molecular weight excluding hydrogens is 289 g/mol. The molecule has 0 aliphatic rings. The van der Waals surface area contributed by atoms with Gasteiger partial charge in [0.15, 0.2) is 0 Å². The highest BCUT2D eigenvalue weighted by atomic mass is 35.5. The topological polar surface area (TPSA) is 60.2 Å². The monoisotopic (exact) mass is 295 g/mol. The van der Waals surface area contributed by atoms with Crippen molar-refractivity contribution in [2.45, 2.75) is 11.1 Å². The first kappa shape index (κ1) is 12.1. The number of nitrogens with two attached hydrogens (primary N) is 1. The van der Waals surface area contributed by atoms with E-state index >= 15 is 0 Å². The molecule has 1 aromatic carbocycles. The Balaban J connectivity index is 2.91. The zero-order valence-corrected chi connectivity index (χ0v) is 11.3. The van der Waals surface area contributed by atoms with E-state index in [9.17, 15) is 8.42 Å². The lowest BCUT2D eigenvalue weighted by atomic mass is 10.2. The Hall–Kier alpha value is -0.330. The van der Waals surface area contributed by atoms with Gasteiger partial charge >= 0.3 is 0 Å². The molecule has 0 atom stereocenters. The number of fused-ring (bicyclic) bond motifs is 1. The molecule has 0 amide bonds. The van der Waals surface area contributed by atoms with E-state index in [1.165, 1.54) is 6.07 Å². The van der Waals surface area contributed by atoms with Crippen LogP contribution < -0.4 is 5.14 Å². The molecule has 86 valence electrons. The lowest BCUT2D eigenvalue weighted by Gasteiger charge is -2.00. The Labute approximate surface area is 107 Å². The lowest BCUT2D eigenvalue weighted by Crippen LogP contribution is -2.09. The molecule has 0 spiro atoms. The average Bonchev–Trinajstić information content (AvgIpc) is 2.58. The van der Waals surface area contributed by atoms with Gasteiger partial charge in [0, 0.05) is 5.39 Å². The maximum Gasteiger partial charge on any atom is 0.247 e. The van der Waals surface area contributed by atoms with Crippen LogP contribution in [0.1, 0.15) is 5.56 Å². The predicted molar refractivity (Wildman–Crippen MR) is 68.0 cm³/mol. The van der Waals surface area contributed by atoms with Crippen molar-refractivity contribution in [2.75, 3.05) is 0 Å². The van der Waals surface area contributed by atoms with Gasteiger partial charge in [0.05, 0.1) is 14.7 Å². The van der Waals surface area contributed by atoms with Crippen molar-refractivity contribution in [1.29, 1.82) is 0 Å². The Morgan fingerprint density at radius 1 is 1.31 bits per heavy atom. The van der Waals surface area contributed by atoms with E-state index in [4.69, 9.17) is 28.3 Å². The zero-order chi connectivity index (χ0) is 12.1. The number of halogens is 2. The van der Waals surface area contributed by atoms with Crippen LogP contribution in [0.3, 0.4) is 0 Å². The standard InChI is InChI=1S/C9H7Cl2NO2S2/c1-4-2-6(10)9-5(8(4)11)3-7(15-9)16(12,13)14/h2-3H,1H3,(H2,12,13,14). The van der Waals surface area contributed by atoms with E-state index in [0.717, 1.165) is 16.9 Å². The van der Waals surface area contributed by atoms with Crippen molar-refractivity contribution in [3.8, 4) is 0 Å². The first-order chi connectivity index (χ1) is 7.30. The predicted octanol–water partition coefficient (Wildman–Crippen LogP) is 3.16. The summed E-state index contributed by atoms with van der Waals surface area (Å²) >= 11 is 13.1. The molecule has 1 aromatic heterocycles. The van der Waals surface area contributed by atoms with E-state index in [2.05, 4.69) is 0 Å². The summed E-state index contributed by atoms with van der Waals surface area (Å²) in [5, 5.41) is 6.67. The number of benzene rings is 1. The summed E-state index contributed by atoms with van der Waals surface area (Å²) in [6, 6.07) is 3.16. The normalized spacial score (nSPS) is 12.2. The van der Waals surface area contributed by atoms with Crippen LogP contribution in [-0.2, 0) is 10.0 Å². The van der Waals surface area contributed by atoms with Crippen molar-refractivity contribution in [3.05, 3.63) is 27.7 Å². The minimum Gasteiger partial charge on any atom is -0.224 e. The molecule has 2 N–H and O–H groups in total. The number of primary sulfonamides is 1. The highest BCUT2D eigenvalue weighted by Crippen LogP contribution is 2.39. The van der Waals surface area contributed by atoms with E-state index in [0.29, 0.717) is 20.1 Å². The Kier molecular flexibility index (Phi) is 2.92. The Morgan fingerprint density at radius 3 is 2.50 bits per heavy atom. The molecule has 2 rings (SSSR count). The molecule has 0 aliphatic heterocycles. The van der Waals surface area contributed by atoms with Gasteiger partial charge in [-0.05, 0) is 24.6 Å². The van der Waals surface area contributed by atoms with Crippen LogP contribution in [0.2, 0.25) is 10.0 Å². The highest BCUT2D eigenvalue weighted by Gasteiger charge is 2.16. The quantitative estimate of drug-likeness (QED) is 0.878. The third kappa shape index (κ3) is 1.94. The molecule has 1 heterocycles. The fraction of sp³-hybridized carbons (Fsp3) is 0.111. The second-order valence-electron chi connectivity index (χ2n) is 3.34. The van der Waals surface area contributed by atoms with E-state index in [1.54, 1.807) is 6.07 Å². The molecule has 0 aliphatic carbocycles. The molecule has 0 unspecified atom stereocenters. The fourth-order valence-corrected chi connectivity index (χ4v) is 3.82. The molecular formula is C9H7Cl2NO2S2. The van der Waals surface area contributed by atoms with Crippen LogP contribution in [0.4, 0.5) is 0 Å². The minimum atomic E-state index is -3.71. The Morgan fingerprint density at radius 2 is 1.94 bits per heavy atom. The molecule has 0 bridgehead atoms. The fourth-order valence-electron chi connectivity index (χ4n) is 1.38. The Bertz CT molecular complexity index is 676. The van der Waals surface area contributed by atoms with Gasteiger partial charge in [-0.3, -0.25) is 0 Å². The number of thiophene rings is 1. The smallest absolute Gasteiger partial charge is 0.224 e. The summed E-state index contributed by atoms with van der Waals surface area (Å²) in [5.41, 5.74) is 0.804. The summed E-state index contributed by atoms with van der Waals surface area (Å²) in [5.74, 6) is 0. The van der Waals surface area contributed by atoms with Crippen molar-refractivity contribution in [1.82, 2.24) is 0 Å². The summed E-state index contributed by atoms with van der Waals surface area (Å²) in [6.07, 6.45) is 0. The molecule has 16 heavy (non-hydrogen) atoms. The lowest BCUT2D eigenvalue weighted by molar-refractivity contribution is 0.600. The van der Waals surface area contributed by atoms with Crippen LogP contribution >= 0.6 is 34.5 Å². The van der Waals surface area contributed by atoms with E-state index < -0.39 is 10.0 Å². The van der Waals surface area contributed by atoms with Gasteiger partial charge in [-0.1, -0.05) is 23.2 Å². The average molecular weight is 296 g/mol. The van der Waals surface area contributed by atoms with E-state index in [1.807, 2.05) is 6.92 Å². The molecule has 0 saturated heterocycles. The summed E-state index contributed by atoms with van der Waals surface area (Å²) in [6.45, 7) is 1.81. The van der Waals surface area contributed by atoms with Gasteiger partial charge in [-0.15, -0.1) is 11.3 Å². The molecule has 7 heteroatoms. The number of hydrogen-bond donors (Lipinski definition) is 1. The number of hydrogen-bond acceptors (Lipinski definition) is 3. The zero-order valence-electron chi connectivity index (χ0n) is 8.12. The number of sulfonamides is 1. The van der Waals surface area contributed by atoms with Crippen molar-refractivity contribution >= 4 is 54.6 Å². The van der Waals surface area contributed by atoms with Crippen LogP contribution in [0.25, 0.3) is 10.1 Å². The summed E-state index contributed by atoms with van der Waals surface area (Å²) in [7, 11) is -3.71. The minimum absolute atomic E-state index is 0.0666. The van der Waals surface area contributed by atoms with Crippen LogP contribution in [0.5, 0.6) is 0 Å². The summed E-state index contributed by atoms with van der Waals surface area (Å²) < 4.78 is 23.1. The third-order valence-electron chi connectivity index (χ3n) is 2.13. The van der Waals surface area contributed by atoms with Gasteiger partial charge in [-0.2, -0.15) is 0 Å². The third-order valence-corrected chi connectivity index (χ3v) is 5.63. The molecule has 0 fully saturated rings. The first-order valence-corrected chi connectivity index (χ1v) is 7.33. The second-order valence-corrected chi connectivity index (χ2v) is 6.97. The molecule has 0 saturated carbocycles. The van der Waals surface area contributed by atoms with Gasteiger partial charge in [0.1, 0.15) is 4.21 Å². The maximum absolute atomic E-state index is 11.2. The SMILES string of the molecule is Cc1cc(Cl)c2sc(S(N)(=O)=O)cc2c1Cl. The van der Waals surface area contributed by atoms with Crippen molar-refractivity contribution < 1.29 is 8.42 Å². The van der Waals surface area contributed by atoms with E-state index in [-0.39, 0.29) is 4.21 Å². The van der Waals surface area contributed by atoms with Crippen LogP contribution in [-0.4, -0.2) is 8.42 Å². The maximum atomic E-state index is 11.2. The van der Waals surface area contributed by atoms with Crippen LogP contribution in [0.15, 0.2) is 16.3 Å². The van der Waals surface area contributed by atoms with Gasteiger partial charge < -0.3 is 0 Å². The molecule has 2 aromatic rings. The van der Waals surface area contributed by atoms with Gasteiger partial charge in [0.2, 0.25) is 10.0 Å². The number of rotatable bonds is 1. The molecule has 0 radical (unpaired) electrons. The molecule has 3 nitrogen and oxygen atoms in total. The first-order valence-electron chi connectivity index (χ1n) is 4.21. The van der Waals surface area contributed by atoms with Crippen molar-refractivity contribution in [2.24, 2.45) is 5.14 Å². The number of aryl methyl sites for hydroxylation is 1. The largest absolute Gasteiger partial charge is 0.247 e. The second kappa shape index (κ2) is 3.85. The van der Waals surface area contributed by atoms with Gasteiger partial charge in [0.25, 0.3) is 0 Å². The summed E-state index contributed by atoms with van der Waals surface area (Å²) in [4.78, 5) is 0. The van der Waals surface area contributed by atoms with Gasteiger partial charge in [-0.25, -0.2) is 13.6 Å².